The van der Waals surface area contributed by atoms with Crippen LogP contribution in [-0.4, -0.2) is 60.0 Å². The van der Waals surface area contributed by atoms with E-state index in [0.717, 1.165) is 16.9 Å². The number of carboxylic acid groups (broad SMARTS) is 1. The number of carbonyl (C=O) groups is 2. The summed E-state index contributed by atoms with van der Waals surface area (Å²) in [6, 6.07) is 23.1. The van der Waals surface area contributed by atoms with E-state index in [-0.39, 0.29) is 6.42 Å². The summed E-state index contributed by atoms with van der Waals surface area (Å²) in [5.41, 5.74) is 7.03. The zero-order chi connectivity index (χ0) is 31.4. The molecule has 1 heterocycles. The van der Waals surface area contributed by atoms with Gasteiger partial charge in [-0.3, -0.25) is 18.6 Å². The minimum Gasteiger partial charge on any atom is -0.489 e. The summed E-state index contributed by atoms with van der Waals surface area (Å²) < 4.78 is 45.0. The first-order valence-corrected chi connectivity index (χ1v) is 15.6. The van der Waals surface area contributed by atoms with Gasteiger partial charge in [0.2, 0.25) is 0 Å². The van der Waals surface area contributed by atoms with Gasteiger partial charge in [0.25, 0.3) is 0 Å². The summed E-state index contributed by atoms with van der Waals surface area (Å²) in [7, 11) is -4.60. The lowest BCUT2D eigenvalue weighted by Gasteiger charge is -2.31. The molecular formula is C31H36NO11P. The first-order chi connectivity index (χ1) is 21.2. The van der Waals surface area contributed by atoms with Gasteiger partial charge in [-0.25, -0.2) is 4.57 Å². The lowest BCUT2D eigenvalue weighted by atomic mass is 10.1. The molecule has 0 bridgehead atoms. The summed E-state index contributed by atoms with van der Waals surface area (Å²) >= 11 is 0. The monoisotopic (exact) mass is 629 g/mol. The number of rotatable bonds is 16. The van der Waals surface area contributed by atoms with Crippen molar-refractivity contribution in [1.82, 2.24) is 0 Å². The first-order valence-electron chi connectivity index (χ1n) is 14.1. The highest BCUT2D eigenvalue weighted by molar-refractivity contribution is 7.47. The van der Waals surface area contributed by atoms with Crippen LogP contribution in [0.4, 0.5) is 0 Å². The van der Waals surface area contributed by atoms with E-state index in [1.165, 1.54) is 0 Å². The molecule has 1 aliphatic rings. The Kier molecular flexibility index (Phi) is 12.3. The average molecular weight is 630 g/mol. The van der Waals surface area contributed by atoms with Gasteiger partial charge < -0.3 is 34.7 Å². The van der Waals surface area contributed by atoms with Crippen molar-refractivity contribution in [3.05, 3.63) is 90.0 Å². The fourth-order valence-electron chi connectivity index (χ4n) is 4.35. The van der Waals surface area contributed by atoms with E-state index < -0.39 is 51.2 Å². The standard InChI is InChI=1S/C31H36NO11P/c32-26(31(34)35)20-40-44(36,37)41-21-29-28(14-7-17-38-29)43-30(33)16-15-23-9-4-5-13-27(23)39-19-22-8-6-12-25(18-22)42-24-10-2-1-3-11-24/h1-6,8-13,18,26,28-29H,7,14-17,19-21,32H2,(H,34,35)(H,36,37)/t26?,28-,29-/m1/s1. The number of nitrogens with two attached hydrogens (primary N) is 1. The van der Waals surface area contributed by atoms with Crippen LogP contribution in [0.2, 0.25) is 0 Å². The molecule has 12 nitrogen and oxygen atoms in total. The molecule has 236 valence electrons. The highest BCUT2D eigenvalue weighted by Gasteiger charge is 2.33. The van der Waals surface area contributed by atoms with Crippen LogP contribution in [0, 0.1) is 0 Å². The zero-order valence-electron chi connectivity index (χ0n) is 24.0. The number of aryl methyl sites for hydroxylation is 1. The van der Waals surface area contributed by atoms with Gasteiger partial charge in [0, 0.05) is 13.0 Å². The molecule has 0 aliphatic carbocycles. The normalized spacial score (nSPS) is 18.5. The van der Waals surface area contributed by atoms with Gasteiger partial charge in [-0.2, -0.15) is 0 Å². The first kappa shape index (κ1) is 33.1. The molecule has 0 radical (unpaired) electrons. The lowest BCUT2D eigenvalue weighted by Crippen LogP contribution is -2.40. The number of phosphoric ester groups is 1. The fraction of sp³-hybridized carbons (Fsp3) is 0.355. The van der Waals surface area contributed by atoms with Crippen molar-refractivity contribution in [1.29, 1.82) is 0 Å². The number of phosphoric acid groups is 1. The highest BCUT2D eigenvalue weighted by Crippen LogP contribution is 2.43. The Bertz CT molecular complexity index is 1420. The maximum Gasteiger partial charge on any atom is 0.472 e. The van der Waals surface area contributed by atoms with E-state index in [1.54, 1.807) is 0 Å². The Morgan fingerprint density at radius 3 is 2.55 bits per heavy atom. The molecule has 0 spiro atoms. The van der Waals surface area contributed by atoms with Gasteiger partial charge in [0.05, 0.1) is 13.2 Å². The van der Waals surface area contributed by atoms with Gasteiger partial charge in [-0.1, -0.05) is 48.5 Å². The molecule has 13 heteroatoms. The molecule has 4 N–H and O–H groups in total. The van der Waals surface area contributed by atoms with Crippen LogP contribution in [-0.2, 0) is 45.7 Å². The zero-order valence-corrected chi connectivity index (χ0v) is 24.9. The lowest BCUT2D eigenvalue weighted by molar-refractivity contribution is -0.166. The molecule has 1 saturated heterocycles. The number of hydrogen-bond acceptors (Lipinski definition) is 10. The van der Waals surface area contributed by atoms with E-state index in [9.17, 15) is 19.0 Å². The minimum absolute atomic E-state index is 0.0690. The smallest absolute Gasteiger partial charge is 0.472 e. The number of ether oxygens (including phenoxy) is 4. The Morgan fingerprint density at radius 1 is 1.00 bits per heavy atom. The van der Waals surface area contributed by atoms with Crippen LogP contribution in [0.5, 0.6) is 17.2 Å². The van der Waals surface area contributed by atoms with E-state index in [4.69, 9.17) is 34.3 Å². The molecule has 4 atom stereocenters. The SMILES string of the molecule is NC(COP(=O)(O)OC[C@H]1OCCC[C@H]1OC(=O)CCc1ccccc1OCc1cccc(Oc2ccccc2)c1)C(=O)O. The van der Waals surface area contributed by atoms with E-state index in [1.807, 2.05) is 78.9 Å². The van der Waals surface area contributed by atoms with Crippen molar-refractivity contribution in [2.24, 2.45) is 5.73 Å². The van der Waals surface area contributed by atoms with Crippen LogP contribution < -0.4 is 15.2 Å². The van der Waals surface area contributed by atoms with Gasteiger partial charge in [0.1, 0.15) is 42.1 Å². The van der Waals surface area contributed by atoms with Crippen molar-refractivity contribution in [2.75, 3.05) is 19.8 Å². The van der Waals surface area contributed by atoms with Gasteiger partial charge in [-0.05, 0) is 60.7 Å². The molecule has 0 aromatic heterocycles. The van der Waals surface area contributed by atoms with Gasteiger partial charge >= 0.3 is 19.8 Å². The van der Waals surface area contributed by atoms with Crippen molar-refractivity contribution in [2.45, 2.75) is 50.5 Å². The molecule has 0 amide bonds. The molecule has 0 saturated carbocycles. The van der Waals surface area contributed by atoms with Crippen molar-refractivity contribution in [3.63, 3.8) is 0 Å². The van der Waals surface area contributed by atoms with Crippen LogP contribution in [0.3, 0.4) is 0 Å². The molecule has 3 aromatic carbocycles. The van der Waals surface area contributed by atoms with Crippen molar-refractivity contribution in [3.8, 4) is 17.2 Å². The molecule has 3 aromatic rings. The summed E-state index contributed by atoms with van der Waals surface area (Å²) in [5, 5.41) is 8.79. The maximum absolute atomic E-state index is 12.8. The number of carboxylic acids is 1. The fourth-order valence-corrected chi connectivity index (χ4v) is 5.11. The Labute approximate surface area is 255 Å². The van der Waals surface area contributed by atoms with Crippen LogP contribution in [0.25, 0.3) is 0 Å². The minimum atomic E-state index is -4.60. The number of carbonyl (C=O) groups excluding carboxylic acids is 1. The highest BCUT2D eigenvalue weighted by atomic mass is 31.2. The predicted octanol–water partition coefficient (Wildman–Crippen LogP) is 4.63. The van der Waals surface area contributed by atoms with E-state index >= 15 is 0 Å². The number of benzene rings is 3. The second-order valence-corrected chi connectivity index (χ2v) is 11.5. The Morgan fingerprint density at radius 2 is 1.75 bits per heavy atom. The molecule has 1 aliphatic heterocycles. The summed E-state index contributed by atoms with van der Waals surface area (Å²) in [6.45, 7) is -0.459. The topological polar surface area (TPSA) is 173 Å². The number of aliphatic carboxylic acids is 1. The molecule has 44 heavy (non-hydrogen) atoms. The Hall–Kier alpha value is -3.77. The molecule has 2 unspecified atom stereocenters. The Balaban J connectivity index is 1.26. The predicted molar refractivity (Wildman–Crippen MR) is 158 cm³/mol. The molecule has 4 rings (SSSR count). The molecular weight excluding hydrogens is 593 g/mol. The van der Waals surface area contributed by atoms with Gasteiger partial charge in [-0.15, -0.1) is 0 Å². The second kappa shape index (κ2) is 16.3. The quantitative estimate of drug-likeness (QED) is 0.148. The number of para-hydroxylation sites is 2. The third-order valence-electron chi connectivity index (χ3n) is 6.64. The van der Waals surface area contributed by atoms with Crippen LogP contribution >= 0.6 is 7.82 Å². The largest absolute Gasteiger partial charge is 0.489 e. The number of esters is 1. The van der Waals surface area contributed by atoms with Gasteiger partial charge in [0.15, 0.2) is 0 Å². The molecule has 1 fully saturated rings. The van der Waals surface area contributed by atoms with Crippen molar-refractivity contribution >= 4 is 19.8 Å². The third-order valence-corrected chi connectivity index (χ3v) is 7.59. The average Bonchev–Trinajstić information content (AvgIpc) is 3.02. The van der Waals surface area contributed by atoms with Crippen LogP contribution in [0.15, 0.2) is 78.9 Å². The maximum atomic E-state index is 12.8. The summed E-state index contributed by atoms with van der Waals surface area (Å²) in [5.74, 6) is 0.217. The number of hydrogen-bond donors (Lipinski definition) is 3. The summed E-state index contributed by atoms with van der Waals surface area (Å²) in [6.07, 6.45) is 0.0389. The van der Waals surface area contributed by atoms with Crippen molar-refractivity contribution < 1.29 is 52.1 Å². The van der Waals surface area contributed by atoms with Crippen LogP contribution in [0.1, 0.15) is 30.4 Å². The van der Waals surface area contributed by atoms with E-state index in [0.29, 0.717) is 44.0 Å². The summed E-state index contributed by atoms with van der Waals surface area (Å²) in [4.78, 5) is 33.4. The second-order valence-electron chi connectivity index (χ2n) is 10.0. The van der Waals surface area contributed by atoms with E-state index in [2.05, 4.69) is 4.52 Å². The third kappa shape index (κ3) is 10.7.